The van der Waals surface area contributed by atoms with E-state index < -0.39 is 0 Å². The summed E-state index contributed by atoms with van der Waals surface area (Å²) < 4.78 is 0. The lowest BCUT2D eigenvalue weighted by molar-refractivity contribution is 0.209. The first-order valence-corrected chi connectivity index (χ1v) is 4.58. The quantitative estimate of drug-likeness (QED) is 0.552. The van der Waals surface area contributed by atoms with Gasteiger partial charge in [-0.15, -0.1) is 24.8 Å². The molecule has 0 saturated carbocycles. The van der Waals surface area contributed by atoms with Gasteiger partial charge in [0.05, 0.1) is 0 Å². The molecule has 0 unspecified atom stereocenters. The molecule has 13 heavy (non-hydrogen) atoms. The monoisotopic (exact) mass is 227 g/mol. The molecule has 1 spiro atoms. The number of piperazine rings is 1. The third-order valence-corrected chi connectivity index (χ3v) is 2.83. The van der Waals surface area contributed by atoms with Gasteiger partial charge >= 0.3 is 0 Å². The maximum absolute atomic E-state index is 3.63. The molecule has 0 aromatic carbocycles. The van der Waals surface area contributed by atoms with Crippen LogP contribution in [0.25, 0.3) is 0 Å². The van der Waals surface area contributed by atoms with Gasteiger partial charge < -0.3 is 16.0 Å². The lowest BCUT2D eigenvalue weighted by atomic mass is 9.87. The summed E-state index contributed by atoms with van der Waals surface area (Å²) in [4.78, 5) is 0. The molecule has 3 nitrogen and oxygen atoms in total. The maximum Gasteiger partial charge on any atom is 0.0330 e. The van der Waals surface area contributed by atoms with Crippen LogP contribution in [0.15, 0.2) is 0 Å². The number of hydrogen-bond donors (Lipinski definition) is 3. The summed E-state index contributed by atoms with van der Waals surface area (Å²) in [6.07, 6.45) is 2.56. The first kappa shape index (κ1) is 13.5. The van der Waals surface area contributed by atoms with Crippen LogP contribution in [0.5, 0.6) is 0 Å². The van der Waals surface area contributed by atoms with Gasteiger partial charge in [0.15, 0.2) is 0 Å². The summed E-state index contributed by atoms with van der Waals surface area (Å²) in [7, 11) is 0. The molecule has 3 N–H and O–H groups in total. The van der Waals surface area contributed by atoms with Gasteiger partial charge in [-0.05, 0) is 25.9 Å². The zero-order valence-electron chi connectivity index (χ0n) is 7.77. The van der Waals surface area contributed by atoms with E-state index in [2.05, 4.69) is 16.0 Å². The van der Waals surface area contributed by atoms with Gasteiger partial charge in [-0.25, -0.2) is 0 Å². The molecule has 0 amide bonds. The lowest BCUT2D eigenvalue weighted by Crippen LogP contribution is -2.62. The van der Waals surface area contributed by atoms with E-state index in [1.54, 1.807) is 0 Å². The Labute approximate surface area is 92.2 Å². The molecule has 0 aromatic heterocycles. The number of nitrogens with one attached hydrogen (secondary N) is 3. The van der Waals surface area contributed by atoms with Gasteiger partial charge in [-0.3, -0.25) is 0 Å². The molecule has 2 aliphatic heterocycles. The number of rotatable bonds is 0. The number of halogens is 2. The second-order valence-corrected chi connectivity index (χ2v) is 3.63. The summed E-state index contributed by atoms with van der Waals surface area (Å²) in [6, 6.07) is 0. The zero-order valence-corrected chi connectivity index (χ0v) is 9.40. The average Bonchev–Trinajstić information content (AvgIpc) is 2.07. The predicted octanol–water partition coefficient (Wildman–Crippen LogP) is 0.145. The third-order valence-electron chi connectivity index (χ3n) is 2.83. The van der Waals surface area contributed by atoms with Crippen LogP contribution in [0.2, 0.25) is 0 Å². The van der Waals surface area contributed by atoms with Crippen molar-refractivity contribution in [2.45, 2.75) is 18.4 Å². The van der Waals surface area contributed by atoms with Crippen molar-refractivity contribution < 1.29 is 0 Å². The van der Waals surface area contributed by atoms with E-state index in [0.717, 1.165) is 19.6 Å². The number of piperidine rings is 1. The first-order valence-electron chi connectivity index (χ1n) is 4.58. The van der Waals surface area contributed by atoms with E-state index in [9.17, 15) is 0 Å². The Kier molecular flexibility index (Phi) is 6.25. The van der Waals surface area contributed by atoms with Crippen LogP contribution >= 0.6 is 24.8 Å². The molecule has 5 heteroatoms. The minimum absolute atomic E-state index is 0. The molecular formula is C8H19Cl2N3. The summed E-state index contributed by atoms with van der Waals surface area (Å²) in [5, 5.41) is 10.5. The zero-order chi connectivity index (χ0) is 7.57. The van der Waals surface area contributed by atoms with Gasteiger partial charge in [0, 0.05) is 25.2 Å². The highest BCUT2D eigenvalue weighted by molar-refractivity contribution is 5.85. The van der Waals surface area contributed by atoms with E-state index in [1.165, 1.54) is 25.9 Å². The minimum atomic E-state index is 0. The molecular weight excluding hydrogens is 209 g/mol. The van der Waals surface area contributed by atoms with Crippen molar-refractivity contribution in [2.75, 3.05) is 32.7 Å². The first-order chi connectivity index (χ1) is 5.41. The Morgan fingerprint density at radius 1 is 0.769 bits per heavy atom. The molecule has 2 rings (SSSR count). The molecule has 0 bridgehead atoms. The molecule has 2 aliphatic rings. The maximum atomic E-state index is 3.63. The van der Waals surface area contributed by atoms with Crippen molar-refractivity contribution in [2.24, 2.45) is 0 Å². The number of hydrogen-bond acceptors (Lipinski definition) is 3. The van der Waals surface area contributed by atoms with Crippen LogP contribution in [0.1, 0.15) is 12.8 Å². The molecule has 2 heterocycles. The van der Waals surface area contributed by atoms with Crippen LogP contribution in [-0.2, 0) is 0 Å². The van der Waals surface area contributed by atoms with E-state index in [4.69, 9.17) is 0 Å². The van der Waals surface area contributed by atoms with Gasteiger partial charge in [0.2, 0.25) is 0 Å². The summed E-state index contributed by atoms with van der Waals surface area (Å²) in [6.45, 7) is 5.78. The molecule has 0 aromatic rings. The van der Waals surface area contributed by atoms with Crippen molar-refractivity contribution in [3.8, 4) is 0 Å². The van der Waals surface area contributed by atoms with E-state index in [0.29, 0.717) is 5.54 Å². The Morgan fingerprint density at radius 2 is 1.46 bits per heavy atom. The van der Waals surface area contributed by atoms with Crippen LogP contribution in [0, 0.1) is 0 Å². The smallest absolute Gasteiger partial charge is 0.0330 e. The van der Waals surface area contributed by atoms with Crippen molar-refractivity contribution in [1.29, 1.82) is 0 Å². The average molecular weight is 228 g/mol. The van der Waals surface area contributed by atoms with Gasteiger partial charge in [0.25, 0.3) is 0 Å². The van der Waals surface area contributed by atoms with Crippen molar-refractivity contribution in [1.82, 2.24) is 16.0 Å². The molecule has 2 saturated heterocycles. The highest BCUT2D eigenvalue weighted by Crippen LogP contribution is 2.18. The van der Waals surface area contributed by atoms with Gasteiger partial charge in [0.1, 0.15) is 0 Å². The minimum Gasteiger partial charge on any atom is -0.317 e. The Morgan fingerprint density at radius 3 is 2.00 bits per heavy atom. The lowest BCUT2D eigenvalue weighted by Gasteiger charge is -2.42. The van der Waals surface area contributed by atoms with Crippen LogP contribution in [0.3, 0.4) is 0 Å². The Hall–Kier alpha value is 0.460. The Balaban J connectivity index is 0.000000720. The van der Waals surface area contributed by atoms with E-state index >= 15 is 0 Å². The molecule has 80 valence electrons. The van der Waals surface area contributed by atoms with Crippen LogP contribution in [0.4, 0.5) is 0 Å². The van der Waals surface area contributed by atoms with Gasteiger partial charge in [-0.2, -0.15) is 0 Å². The molecule has 2 fully saturated rings. The van der Waals surface area contributed by atoms with Gasteiger partial charge in [-0.1, -0.05) is 0 Å². The fraction of sp³-hybridized carbons (Fsp3) is 1.00. The largest absolute Gasteiger partial charge is 0.317 e. The second kappa shape index (κ2) is 6.04. The summed E-state index contributed by atoms with van der Waals surface area (Å²) >= 11 is 0. The van der Waals surface area contributed by atoms with Crippen LogP contribution in [-0.4, -0.2) is 38.3 Å². The molecule has 0 aliphatic carbocycles. The highest BCUT2D eigenvalue weighted by Gasteiger charge is 2.32. The van der Waals surface area contributed by atoms with Crippen molar-refractivity contribution in [3.63, 3.8) is 0 Å². The highest BCUT2D eigenvalue weighted by atomic mass is 35.5. The third kappa shape index (κ3) is 3.26. The van der Waals surface area contributed by atoms with E-state index in [-0.39, 0.29) is 24.8 Å². The normalized spacial score (nSPS) is 25.8. The summed E-state index contributed by atoms with van der Waals surface area (Å²) in [5.74, 6) is 0. The van der Waals surface area contributed by atoms with Crippen LogP contribution < -0.4 is 16.0 Å². The molecule has 0 radical (unpaired) electrons. The van der Waals surface area contributed by atoms with Crippen molar-refractivity contribution >= 4 is 24.8 Å². The Bertz CT molecular complexity index is 112. The fourth-order valence-electron chi connectivity index (χ4n) is 2.07. The predicted molar refractivity (Wildman–Crippen MR) is 60.2 cm³/mol. The fourth-order valence-corrected chi connectivity index (χ4v) is 2.07. The standard InChI is InChI=1S/C8H17N3.2ClH/c1-3-9-4-2-8(1)7-10-5-6-11-8;;/h9-11H,1-7H2;2*1H. The second-order valence-electron chi connectivity index (χ2n) is 3.63. The topological polar surface area (TPSA) is 36.1 Å². The SMILES string of the molecule is C1CC2(CCN1)CNCCN2.Cl.Cl. The van der Waals surface area contributed by atoms with Crippen molar-refractivity contribution in [3.05, 3.63) is 0 Å². The molecule has 0 atom stereocenters. The van der Waals surface area contributed by atoms with E-state index in [1.807, 2.05) is 0 Å². The summed E-state index contributed by atoms with van der Waals surface area (Å²) in [5.41, 5.74) is 0.434.